The number of carbonyl (C=O) groups is 1. The average molecular weight is 363 g/mol. The molecular formula is C21H25N5O. The number of para-hydroxylation sites is 1. The molecule has 27 heavy (non-hydrogen) atoms. The van der Waals surface area contributed by atoms with Crippen LogP contribution in [0.3, 0.4) is 0 Å². The third kappa shape index (κ3) is 4.11. The Morgan fingerprint density at radius 3 is 2.74 bits per heavy atom. The highest BCUT2D eigenvalue weighted by molar-refractivity contribution is 5.88. The first kappa shape index (κ1) is 17.5. The van der Waals surface area contributed by atoms with Gasteiger partial charge in [0.15, 0.2) is 0 Å². The van der Waals surface area contributed by atoms with Gasteiger partial charge in [-0.25, -0.2) is 4.98 Å². The first-order valence-corrected chi connectivity index (χ1v) is 9.39. The van der Waals surface area contributed by atoms with Gasteiger partial charge in [0.1, 0.15) is 5.82 Å². The number of benzene rings is 1. The van der Waals surface area contributed by atoms with Crippen LogP contribution in [0.5, 0.6) is 0 Å². The number of H-pyrrole nitrogens is 1. The zero-order valence-corrected chi connectivity index (χ0v) is 15.6. The number of anilines is 1. The van der Waals surface area contributed by atoms with Gasteiger partial charge in [-0.3, -0.25) is 4.79 Å². The molecular weight excluding hydrogens is 338 g/mol. The van der Waals surface area contributed by atoms with Crippen molar-refractivity contribution in [3.63, 3.8) is 0 Å². The number of amides is 1. The number of aromatic amines is 1. The van der Waals surface area contributed by atoms with E-state index in [1.54, 1.807) is 0 Å². The fourth-order valence-corrected chi connectivity index (χ4v) is 3.46. The molecule has 0 radical (unpaired) electrons. The maximum atomic E-state index is 12.3. The maximum absolute atomic E-state index is 12.3. The molecule has 6 nitrogen and oxygen atoms in total. The Morgan fingerprint density at radius 2 is 1.96 bits per heavy atom. The van der Waals surface area contributed by atoms with E-state index in [1.807, 2.05) is 48.8 Å². The Bertz CT molecular complexity index is 910. The Labute approximate surface area is 159 Å². The zero-order chi connectivity index (χ0) is 18.6. The number of fused-ring (bicyclic) bond motifs is 1. The third-order valence-electron chi connectivity index (χ3n) is 5.15. The summed E-state index contributed by atoms with van der Waals surface area (Å²) in [5, 5.41) is 4.10. The quantitative estimate of drug-likeness (QED) is 0.729. The minimum Gasteiger partial charge on any atom is -0.361 e. The SMILES string of the molecule is CN1CCN(c2ccc(CNC(=O)Cc3c[nH]c4ccccc34)cn2)CC1. The van der Waals surface area contributed by atoms with Crippen molar-refractivity contribution in [2.75, 3.05) is 38.1 Å². The van der Waals surface area contributed by atoms with Crippen molar-refractivity contribution in [1.29, 1.82) is 0 Å². The molecule has 140 valence electrons. The van der Waals surface area contributed by atoms with Crippen molar-refractivity contribution in [2.45, 2.75) is 13.0 Å². The number of pyridine rings is 1. The number of hydrogen-bond donors (Lipinski definition) is 2. The number of aromatic nitrogens is 2. The molecule has 1 aliphatic heterocycles. The van der Waals surface area contributed by atoms with Gasteiger partial charge in [-0.2, -0.15) is 0 Å². The van der Waals surface area contributed by atoms with E-state index in [0.29, 0.717) is 13.0 Å². The maximum Gasteiger partial charge on any atom is 0.224 e. The lowest BCUT2D eigenvalue weighted by atomic mass is 10.1. The molecule has 4 rings (SSSR count). The predicted octanol–water partition coefficient (Wildman–Crippen LogP) is 2.17. The molecule has 1 fully saturated rings. The molecule has 1 aromatic carbocycles. The molecule has 0 atom stereocenters. The smallest absolute Gasteiger partial charge is 0.224 e. The van der Waals surface area contributed by atoms with E-state index in [0.717, 1.165) is 54.0 Å². The summed E-state index contributed by atoms with van der Waals surface area (Å²) >= 11 is 0. The predicted molar refractivity (Wildman–Crippen MR) is 108 cm³/mol. The van der Waals surface area contributed by atoms with Gasteiger partial charge in [0.25, 0.3) is 0 Å². The number of likely N-dealkylation sites (N-methyl/N-ethyl adjacent to an activating group) is 1. The van der Waals surface area contributed by atoms with Crippen molar-refractivity contribution in [3.8, 4) is 0 Å². The van der Waals surface area contributed by atoms with E-state index < -0.39 is 0 Å². The Morgan fingerprint density at radius 1 is 1.15 bits per heavy atom. The van der Waals surface area contributed by atoms with Crippen LogP contribution in [-0.2, 0) is 17.8 Å². The summed E-state index contributed by atoms with van der Waals surface area (Å²) in [4.78, 5) is 24.7. The second-order valence-corrected chi connectivity index (χ2v) is 7.13. The van der Waals surface area contributed by atoms with Gasteiger partial charge in [0, 0.05) is 56.0 Å². The van der Waals surface area contributed by atoms with Crippen LogP contribution < -0.4 is 10.2 Å². The molecule has 0 saturated carbocycles. The van der Waals surface area contributed by atoms with Crippen molar-refractivity contribution in [1.82, 2.24) is 20.2 Å². The average Bonchev–Trinajstić information content (AvgIpc) is 3.10. The summed E-state index contributed by atoms with van der Waals surface area (Å²) in [6.45, 7) is 4.63. The van der Waals surface area contributed by atoms with Gasteiger partial charge in [-0.15, -0.1) is 0 Å². The van der Waals surface area contributed by atoms with Crippen molar-refractivity contribution in [3.05, 3.63) is 59.9 Å². The summed E-state index contributed by atoms with van der Waals surface area (Å²) in [6, 6.07) is 12.1. The summed E-state index contributed by atoms with van der Waals surface area (Å²) in [5.41, 5.74) is 3.09. The first-order valence-electron chi connectivity index (χ1n) is 9.39. The topological polar surface area (TPSA) is 64.3 Å². The molecule has 1 amide bonds. The molecule has 0 aliphatic carbocycles. The number of hydrogen-bond acceptors (Lipinski definition) is 4. The van der Waals surface area contributed by atoms with Gasteiger partial charge in [-0.05, 0) is 30.3 Å². The Hall–Kier alpha value is -2.86. The second kappa shape index (κ2) is 7.80. The molecule has 0 spiro atoms. The van der Waals surface area contributed by atoms with Crippen LogP contribution in [0.1, 0.15) is 11.1 Å². The van der Waals surface area contributed by atoms with E-state index in [1.165, 1.54) is 0 Å². The van der Waals surface area contributed by atoms with Crippen molar-refractivity contribution >= 4 is 22.6 Å². The van der Waals surface area contributed by atoms with Crippen LogP contribution in [-0.4, -0.2) is 54.0 Å². The fourth-order valence-electron chi connectivity index (χ4n) is 3.46. The minimum atomic E-state index is 0.0166. The monoisotopic (exact) mass is 363 g/mol. The third-order valence-corrected chi connectivity index (χ3v) is 5.15. The lowest BCUT2D eigenvalue weighted by molar-refractivity contribution is -0.120. The highest BCUT2D eigenvalue weighted by Crippen LogP contribution is 2.18. The van der Waals surface area contributed by atoms with Crippen LogP contribution >= 0.6 is 0 Å². The lowest BCUT2D eigenvalue weighted by Crippen LogP contribution is -2.44. The van der Waals surface area contributed by atoms with Crippen molar-refractivity contribution in [2.24, 2.45) is 0 Å². The molecule has 6 heteroatoms. The van der Waals surface area contributed by atoms with E-state index in [2.05, 4.69) is 32.1 Å². The highest BCUT2D eigenvalue weighted by Gasteiger charge is 2.15. The standard InChI is InChI=1S/C21H25N5O/c1-25-8-10-26(11-9-25)20-7-6-16(13-23-20)14-24-21(27)12-17-15-22-19-5-3-2-4-18(17)19/h2-7,13,15,22H,8-12,14H2,1H3,(H,24,27). The van der Waals surface area contributed by atoms with Crippen LogP contribution in [0.15, 0.2) is 48.8 Å². The lowest BCUT2D eigenvalue weighted by Gasteiger charge is -2.33. The van der Waals surface area contributed by atoms with Crippen LogP contribution in [0.4, 0.5) is 5.82 Å². The summed E-state index contributed by atoms with van der Waals surface area (Å²) < 4.78 is 0. The number of nitrogens with one attached hydrogen (secondary N) is 2. The van der Waals surface area contributed by atoms with Gasteiger partial charge < -0.3 is 20.1 Å². The molecule has 0 unspecified atom stereocenters. The minimum absolute atomic E-state index is 0.0166. The Kier molecular flexibility index (Phi) is 5.07. The number of nitrogens with zero attached hydrogens (tertiary/aromatic N) is 3. The highest BCUT2D eigenvalue weighted by atomic mass is 16.1. The second-order valence-electron chi connectivity index (χ2n) is 7.13. The molecule has 3 heterocycles. The Balaban J connectivity index is 1.31. The van der Waals surface area contributed by atoms with Gasteiger partial charge in [-0.1, -0.05) is 24.3 Å². The zero-order valence-electron chi connectivity index (χ0n) is 15.6. The van der Waals surface area contributed by atoms with Crippen LogP contribution in [0, 0.1) is 0 Å². The largest absolute Gasteiger partial charge is 0.361 e. The van der Waals surface area contributed by atoms with Gasteiger partial charge >= 0.3 is 0 Å². The van der Waals surface area contributed by atoms with Gasteiger partial charge in [0.2, 0.25) is 5.91 Å². The number of piperazine rings is 1. The molecule has 3 aromatic rings. The van der Waals surface area contributed by atoms with E-state index >= 15 is 0 Å². The molecule has 0 bridgehead atoms. The van der Waals surface area contributed by atoms with Crippen LogP contribution in [0.25, 0.3) is 10.9 Å². The number of rotatable bonds is 5. The first-order chi connectivity index (χ1) is 13.2. The molecule has 2 N–H and O–H groups in total. The van der Waals surface area contributed by atoms with Gasteiger partial charge in [0.05, 0.1) is 6.42 Å². The van der Waals surface area contributed by atoms with E-state index in [9.17, 15) is 4.79 Å². The molecule has 1 aliphatic rings. The van der Waals surface area contributed by atoms with Crippen molar-refractivity contribution < 1.29 is 4.79 Å². The summed E-state index contributed by atoms with van der Waals surface area (Å²) in [7, 11) is 2.15. The summed E-state index contributed by atoms with van der Waals surface area (Å²) in [5.74, 6) is 1.03. The molecule has 2 aromatic heterocycles. The summed E-state index contributed by atoms with van der Waals surface area (Å²) in [6.07, 6.45) is 4.15. The fraction of sp³-hybridized carbons (Fsp3) is 0.333. The number of carbonyl (C=O) groups excluding carboxylic acids is 1. The van der Waals surface area contributed by atoms with Crippen LogP contribution in [0.2, 0.25) is 0 Å². The van der Waals surface area contributed by atoms with E-state index in [-0.39, 0.29) is 5.91 Å². The van der Waals surface area contributed by atoms with E-state index in [4.69, 9.17) is 0 Å². The normalized spacial score (nSPS) is 15.2. The molecule has 1 saturated heterocycles.